The Balaban J connectivity index is 1.59. The molecule has 0 saturated carbocycles. The van der Waals surface area contributed by atoms with Crippen LogP contribution in [0, 0.1) is 6.92 Å². The fourth-order valence-electron chi connectivity index (χ4n) is 2.81. The SMILES string of the molecule is Cc1ccc(NC(=O)CSc2nnc([C@@H](C)NC(=O)c3ccc(Cl)c(Cl)c3)n2C)cc1Cl. The van der Waals surface area contributed by atoms with E-state index < -0.39 is 6.04 Å². The van der Waals surface area contributed by atoms with Gasteiger partial charge in [0.25, 0.3) is 5.91 Å². The van der Waals surface area contributed by atoms with Gasteiger partial charge in [-0.1, -0.05) is 52.6 Å². The standard InChI is InChI=1S/C21H20Cl3N5O2S/c1-11-4-6-14(9-16(11)23)26-18(30)10-32-21-28-27-19(29(21)3)12(2)25-20(31)13-5-7-15(22)17(24)8-13/h4-9,12H,10H2,1-3H3,(H,25,31)(H,26,30)/t12-/m1/s1. The van der Waals surface area contributed by atoms with Crippen molar-refractivity contribution in [3.8, 4) is 0 Å². The Kier molecular flexibility index (Phi) is 8.05. The van der Waals surface area contributed by atoms with Gasteiger partial charge in [0, 0.05) is 23.3 Å². The molecule has 0 fully saturated rings. The summed E-state index contributed by atoms with van der Waals surface area (Å²) in [6.07, 6.45) is 0. The van der Waals surface area contributed by atoms with Gasteiger partial charge >= 0.3 is 0 Å². The number of aromatic nitrogens is 3. The van der Waals surface area contributed by atoms with Crippen LogP contribution in [0.4, 0.5) is 5.69 Å². The third-order valence-electron chi connectivity index (χ3n) is 4.57. The maximum atomic E-state index is 12.5. The minimum Gasteiger partial charge on any atom is -0.342 e. The number of aryl methyl sites for hydroxylation is 1. The Morgan fingerprint density at radius 1 is 1.06 bits per heavy atom. The van der Waals surface area contributed by atoms with Crippen LogP contribution in [-0.4, -0.2) is 32.3 Å². The quantitative estimate of drug-likeness (QED) is 0.419. The van der Waals surface area contributed by atoms with E-state index in [1.54, 1.807) is 42.8 Å². The second-order valence-corrected chi connectivity index (χ2v) is 9.19. The van der Waals surface area contributed by atoms with Crippen molar-refractivity contribution in [3.63, 3.8) is 0 Å². The highest BCUT2D eigenvalue weighted by Gasteiger charge is 2.19. The van der Waals surface area contributed by atoms with Crippen molar-refractivity contribution >= 4 is 64.1 Å². The van der Waals surface area contributed by atoms with Crippen LogP contribution in [0.25, 0.3) is 0 Å². The summed E-state index contributed by atoms with van der Waals surface area (Å²) in [6, 6.07) is 9.58. The number of hydrogen-bond donors (Lipinski definition) is 2. The van der Waals surface area contributed by atoms with Gasteiger partial charge in [0.15, 0.2) is 11.0 Å². The van der Waals surface area contributed by atoms with E-state index in [0.29, 0.717) is 37.3 Å². The molecule has 168 valence electrons. The van der Waals surface area contributed by atoms with Crippen LogP contribution < -0.4 is 10.6 Å². The summed E-state index contributed by atoms with van der Waals surface area (Å²) in [5, 5.41) is 15.8. The monoisotopic (exact) mass is 511 g/mol. The molecule has 11 heteroatoms. The smallest absolute Gasteiger partial charge is 0.251 e. The maximum absolute atomic E-state index is 12.5. The Bertz CT molecular complexity index is 1170. The molecule has 3 rings (SSSR count). The van der Waals surface area contributed by atoms with E-state index in [2.05, 4.69) is 20.8 Å². The van der Waals surface area contributed by atoms with Crippen LogP contribution in [0.3, 0.4) is 0 Å². The molecule has 2 amide bonds. The summed E-state index contributed by atoms with van der Waals surface area (Å²) in [5.74, 6) is 0.179. The zero-order valence-corrected chi connectivity index (χ0v) is 20.5. The van der Waals surface area contributed by atoms with Crippen LogP contribution >= 0.6 is 46.6 Å². The van der Waals surface area contributed by atoms with Crippen molar-refractivity contribution in [2.45, 2.75) is 25.0 Å². The van der Waals surface area contributed by atoms with Crippen LogP contribution in [-0.2, 0) is 11.8 Å². The molecule has 0 saturated heterocycles. The lowest BCUT2D eigenvalue weighted by molar-refractivity contribution is -0.113. The Morgan fingerprint density at radius 2 is 1.81 bits per heavy atom. The van der Waals surface area contributed by atoms with E-state index in [0.717, 1.165) is 5.56 Å². The fourth-order valence-corrected chi connectivity index (χ4v) is 4.01. The van der Waals surface area contributed by atoms with E-state index in [-0.39, 0.29) is 17.6 Å². The van der Waals surface area contributed by atoms with Gasteiger partial charge < -0.3 is 15.2 Å². The maximum Gasteiger partial charge on any atom is 0.251 e. The predicted octanol–water partition coefficient (Wildman–Crippen LogP) is 5.31. The summed E-state index contributed by atoms with van der Waals surface area (Å²) < 4.78 is 1.74. The van der Waals surface area contributed by atoms with Gasteiger partial charge in [-0.3, -0.25) is 9.59 Å². The minimum absolute atomic E-state index is 0.140. The number of nitrogens with zero attached hydrogens (tertiary/aromatic N) is 3. The molecule has 0 spiro atoms. The summed E-state index contributed by atoms with van der Waals surface area (Å²) in [4.78, 5) is 24.8. The third-order valence-corrected chi connectivity index (χ3v) is 6.74. The van der Waals surface area contributed by atoms with E-state index in [4.69, 9.17) is 34.8 Å². The molecule has 32 heavy (non-hydrogen) atoms. The van der Waals surface area contributed by atoms with Gasteiger partial charge in [-0.2, -0.15) is 0 Å². The van der Waals surface area contributed by atoms with Crippen molar-refractivity contribution in [1.82, 2.24) is 20.1 Å². The van der Waals surface area contributed by atoms with Crippen LogP contribution in [0.5, 0.6) is 0 Å². The highest BCUT2D eigenvalue weighted by Crippen LogP contribution is 2.24. The number of hydrogen-bond acceptors (Lipinski definition) is 5. The molecule has 0 bridgehead atoms. The Hall–Kier alpha value is -2.26. The second kappa shape index (κ2) is 10.6. The summed E-state index contributed by atoms with van der Waals surface area (Å²) in [6.45, 7) is 3.69. The zero-order valence-electron chi connectivity index (χ0n) is 17.4. The van der Waals surface area contributed by atoms with E-state index in [1.165, 1.54) is 17.8 Å². The normalized spacial score (nSPS) is 11.8. The lowest BCUT2D eigenvalue weighted by atomic mass is 10.2. The molecule has 0 aliphatic carbocycles. The Morgan fingerprint density at radius 3 is 2.50 bits per heavy atom. The van der Waals surface area contributed by atoms with Gasteiger partial charge in [-0.15, -0.1) is 10.2 Å². The summed E-state index contributed by atoms with van der Waals surface area (Å²) in [5.41, 5.74) is 1.95. The topological polar surface area (TPSA) is 88.9 Å². The molecule has 7 nitrogen and oxygen atoms in total. The van der Waals surface area contributed by atoms with Crippen molar-refractivity contribution < 1.29 is 9.59 Å². The number of rotatable bonds is 7. The average Bonchev–Trinajstić information content (AvgIpc) is 3.11. The molecule has 0 aliphatic rings. The minimum atomic E-state index is -0.424. The summed E-state index contributed by atoms with van der Waals surface area (Å²) >= 11 is 19.2. The number of thioether (sulfide) groups is 1. The molecule has 3 aromatic rings. The first-order chi connectivity index (χ1) is 15.2. The zero-order chi connectivity index (χ0) is 23.4. The lowest BCUT2D eigenvalue weighted by Gasteiger charge is -2.14. The van der Waals surface area contributed by atoms with Gasteiger partial charge in [0.1, 0.15) is 0 Å². The molecular weight excluding hydrogens is 493 g/mol. The molecule has 0 aliphatic heterocycles. The van der Waals surface area contributed by atoms with Crippen LogP contribution in [0.1, 0.15) is 34.7 Å². The third kappa shape index (κ3) is 5.95. The van der Waals surface area contributed by atoms with E-state index in [1.807, 2.05) is 13.0 Å². The van der Waals surface area contributed by atoms with E-state index in [9.17, 15) is 9.59 Å². The van der Waals surface area contributed by atoms with Crippen molar-refractivity contribution in [2.75, 3.05) is 11.1 Å². The van der Waals surface area contributed by atoms with Gasteiger partial charge in [-0.25, -0.2) is 0 Å². The largest absolute Gasteiger partial charge is 0.342 e. The number of nitrogens with one attached hydrogen (secondary N) is 2. The Labute approximate surface area is 204 Å². The fraction of sp³-hybridized carbons (Fsp3) is 0.238. The second-order valence-electron chi connectivity index (χ2n) is 7.02. The first-order valence-electron chi connectivity index (χ1n) is 9.49. The van der Waals surface area contributed by atoms with Crippen molar-refractivity contribution in [2.24, 2.45) is 7.05 Å². The number of benzene rings is 2. The highest BCUT2D eigenvalue weighted by molar-refractivity contribution is 7.99. The molecule has 1 aromatic heterocycles. The molecule has 1 heterocycles. The first kappa shape index (κ1) is 24.4. The summed E-state index contributed by atoms with van der Waals surface area (Å²) in [7, 11) is 1.77. The molecule has 0 unspecified atom stereocenters. The van der Waals surface area contributed by atoms with Crippen molar-refractivity contribution in [3.05, 3.63) is 68.4 Å². The van der Waals surface area contributed by atoms with E-state index >= 15 is 0 Å². The van der Waals surface area contributed by atoms with Crippen molar-refractivity contribution in [1.29, 1.82) is 0 Å². The molecule has 1 atom stereocenters. The molecule has 2 N–H and O–H groups in total. The first-order valence-corrected chi connectivity index (χ1v) is 11.6. The van der Waals surface area contributed by atoms with Gasteiger partial charge in [0.2, 0.25) is 5.91 Å². The lowest BCUT2D eigenvalue weighted by Crippen LogP contribution is -2.28. The number of carbonyl (C=O) groups is 2. The predicted molar refractivity (Wildman–Crippen MR) is 129 cm³/mol. The average molecular weight is 513 g/mol. The van der Waals surface area contributed by atoms with Crippen LogP contribution in [0.2, 0.25) is 15.1 Å². The number of carbonyl (C=O) groups excluding carboxylic acids is 2. The molecule has 2 aromatic carbocycles. The highest BCUT2D eigenvalue weighted by atomic mass is 35.5. The van der Waals surface area contributed by atoms with Gasteiger partial charge in [-0.05, 0) is 49.7 Å². The molecule has 0 radical (unpaired) electrons. The number of anilines is 1. The van der Waals surface area contributed by atoms with Gasteiger partial charge in [0.05, 0.1) is 21.8 Å². The number of amides is 2. The number of halogens is 3. The van der Waals surface area contributed by atoms with Crippen LogP contribution in [0.15, 0.2) is 41.6 Å². The molecular formula is C21H20Cl3N5O2S.